The standard InChI is InChI=1S/C26H35FN4O2/c1-33-24-7-3-2-6-23(24)30-17-14-29(15-18-30)16-19-31(25-8-4-5-13-28-25)26(32)22-11-9-21(20-27)10-12-22/h2-8,13,21-22H,9-12,14-20H2,1H3/i26-1. The fourth-order valence-electron chi connectivity index (χ4n) is 4.98. The Morgan fingerprint density at radius 1 is 1.06 bits per heavy atom. The van der Waals surface area contributed by atoms with Gasteiger partial charge in [0, 0.05) is 51.4 Å². The number of aromatic nitrogens is 1. The Bertz CT molecular complexity index is 881. The van der Waals surface area contributed by atoms with Crippen LogP contribution in [0, 0.1) is 11.8 Å². The molecule has 7 heteroatoms. The fraction of sp³-hybridized carbons (Fsp3) is 0.538. The molecule has 0 radical (unpaired) electrons. The Balaban J connectivity index is 1.35. The third-order valence-corrected chi connectivity index (χ3v) is 7.04. The second-order valence-corrected chi connectivity index (χ2v) is 9.05. The lowest BCUT2D eigenvalue weighted by molar-refractivity contribution is -0.123. The van der Waals surface area contributed by atoms with Gasteiger partial charge in [-0.3, -0.25) is 19.0 Å². The predicted molar refractivity (Wildman–Crippen MR) is 130 cm³/mol. The molecule has 0 spiro atoms. The third kappa shape index (κ3) is 5.82. The number of halogens is 1. The van der Waals surface area contributed by atoms with E-state index in [1.54, 1.807) is 13.3 Å². The molecule has 2 heterocycles. The number of para-hydroxylation sites is 2. The van der Waals surface area contributed by atoms with Crippen molar-refractivity contribution in [3.05, 3.63) is 48.7 Å². The van der Waals surface area contributed by atoms with Crippen LogP contribution < -0.4 is 14.5 Å². The Morgan fingerprint density at radius 3 is 2.45 bits per heavy atom. The number of rotatable bonds is 8. The molecule has 0 N–H and O–H groups in total. The zero-order chi connectivity index (χ0) is 23.0. The van der Waals surface area contributed by atoms with Gasteiger partial charge < -0.3 is 9.64 Å². The lowest BCUT2D eigenvalue weighted by Crippen LogP contribution is -2.50. The average molecular weight is 454 g/mol. The normalized spacial score (nSPS) is 21.6. The molecule has 2 aromatic rings. The summed E-state index contributed by atoms with van der Waals surface area (Å²) >= 11 is 0. The molecule has 0 bridgehead atoms. The van der Waals surface area contributed by atoms with E-state index in [1.165, 1.54) is 0 Å². The van der Waals surface area contributed by atoms with Gasteiger partial charge in [0.25, 0.3) is 0 Å². The first kappa shape index (κ1) is 23.5. The van der Waals surface area contributed by atoms with Crippen LogP contribution in [0.4, 0.5) is 15.9 Å². The van der Waals surface area contributed by atoms with Crippen molar-refractivity contribution >= 4 is 17.4 Å². The number of carbonyl (C=O) groups excluding carboxylic acids is 1. The van der Waals surface area contributed by atoms with Gasteiger partial charge in [-0.15, -0.1) is 0 Å². The zero-order valence-electron chi connectivity index (χ0n) is 19.5. The van der Waals surface area contributed by atoms with Crippen LogP contribution in [0.1, 0.15) is 25.7 Å². The van der Waals surface area contributed by atoms with Gasteiger partial charge in [0.1, 0.15) is 11.6 Å². The van der Waals surface area contributed by atoms with Crippen LogP contribution in [-0.4, -0.2) is 68.8 Å². The zero-order valence-corrected chi connectivity index (χ0v) is 19.5. The first-order chi connectivity index (χ1) is 16.2. The van der Waals surface area contributed by atoms with Crippen LogP contribution in [-0.2, 0) is 4.79 Å². The summed E-state index contributed by atoms with van der Waals surface area (Å²) in [7, 11) is 1.71. The molecule has 2 aliphatic rings. The SMILES string of the molecule is COc1ccccc1N1CCN(CCN(c2ccccn2)[11C](=O)C2CCC(CF)CC2)CC1. The van der Waals surface area contributed by atoms with Crippen LogP contribution in [0.25, 0.3) is 0 Å². The molecule has 1 aromatic carbocycles. The highest BCUT2D eigenvalue weighted by molar-refractivity contribution is 5.94. The molecule has 1 saturated heterocycles. The van der Waals surface area contributed by atoms with Gasteiger partial charge in [0.2, 0.25) is 5.91 Å². The number of amides is 1. The van der Waals surface area contributed by atoms with E-state index in [0.29, 0.717) is 12.4 Å². The molecule has 4 rings (SSSR count). The minimum Gasteiger partial charge on any atom is -0.495 e. The van der Waals surface area contributed by atoms with Gasteiger partial charge in [-0.1, -0.05) is 18.2 Å². The number of pyridine rings is 1. The first-order valence-corrected chi connectivity index (χ1v) is 12.1. The maximum absolute atomic E-state index is 13.4. The monoisotopic (exact) mass is 453 g/mol. The number of hydrogen-bond acceptors (Lipinski definition) is 5. The van der Waals surface area contributed by atoms with Gasteiger partial charge in [0.15, 0.2) is 0 Å². The molecule has 33 heavy (non-hydrogen) atoms. The molecule has 0 unspecified atom stereocenters. The molecule has 1 saturated carbocycles. The quantitative estimate of drug-likeness (QED) is 0.604. The van der Waals surface area contributed by atoms with Gasteiger partial charge in [0.05, 0.1) is 19.5 Å². The highest BCUT2D eigenvalue weighted by Crippen LogP contribution is 2.31. The van der Waals surface area contributed by atoms with E-state index in [0.717, 1.165) is 69.8 Å². The van der Waals surface area contributed by atoms with Crippen molar-refractivity contribution in [3.63, 3.8) is 0 Å². The summed E-state index contributed by atoms with van der Waals surface area (Å²) in [6.45, 7) is 4.87. The molecule has 0 atom stereocenters. The Morgan fingerprint density at radius 2 is 1.79 bits per heavy atom. The number of carbonyl (C=O) groups is 1. The van der Waals surface area contributed by atoms with Crippen LogP contribution in [0.15, 0.2) is 48.7 Å². The minimum absolute atomic E-state index is 0.0304. The van der Waals surface area contributed by atoms with Crippen LogP contribution >= 0.6 is 0 Å². The lowest BCUT2D eigenvalue weighted by atomic mass is 9.67. The number of nitrogens with zero attached hydrogens (tertiary/aromatic N) is 4. The van der Waals surface area contributed by atoms with Crippen LogP contribution in [0.5, 0.6) is 5.75 Å². The summed E-state index contributed by atoms with van der Waals surface area (Å²) in [4.78, 5) is 24.5. The van der Waals surface area contributed by atoms with Crippen molar-refractivity contribution in [2.24, 2.45) is 11.8 Å². The van der Waals surface area contributed by atoms with Crippen molar-refractivity contribution in [3.8, 4) is 5.75 Å². The van der Waals surface area contributed by atoms with E-state index >= 15 is 0 Å². The number of benzene rings is 1. The van der Waals surface area contributed by atoms with Crippen molar-refractivity contribution < 1.29 is 13.9 Å². The molecule has 6 nitrogen and oxygen atoms in total. The van der Waals surface area contributed by atoms with Crippen molar-refractivity contribution in [2.75, 3.05) is 62.9 Å². The van der Waals surface area contributed by atoms with E-state index in [4.69, 9.17) is 4.74 Å². The molecule has 1 aromatic heterocycles. The van der Waals surface area contributed by atoms with Crippen molar-refractivity contribution in [1.82, 2.24) is 9.88 Å². The van der Waals surface area contributed by atoms with Gasteiger partial charge in [-0.25, -0.2) is 4.98 Å². The highest BCUT2D eigenvalue weighted by atomic mass is 19.1. The summed E-state index contributed by atoms with van der Waals surface area (Å²) in [6.07, 6.45) is 4.88. The van der Waals surface area contributed by atoms with E-state index < -0.39 is 0 Å². The maximum atomic E-state index is 13.4. The average Bonchev–Trinajstić information content (AvgIpc) is 2.89. The maximum Gasteiger partial charge on any atom is 0.231 e. The fourth-order valence-corrected chi connectivity index (χ4v) is 4.98. The molecule has 1 aliphatic heterocycles. The van der Waals surface area contributed by atoms with E-state index in [9.17, 15) is 9.18 Å². The van der Waals surface area contributed by atoms with Crippen molar-refractivity contribution in [1.29, 1.82) is 0 Å². The molecule has 178 valence electrons. The Kier molecular flexibility index (Phi) is 8.15. The Hall–Kier alpha value is -2.67. The lowest BCUT2D eigenvalue weighted by Gasteiger charge is -2.38. The van der Waals surface area contributed by atoms with Crippen LogP contribution in [0.3, 0.4) is 0 Å². The number of hydrogen-bond donors (Lipinski definition) is 0. The Labute approximate surface area is 196 Å². The molecule has 1 aliphatic carbocycles. The largest absolute Gasteiger partial charge is 0.495 e. The van der Waals surface area contributed by atoms with Gasteiger partial charge in [-0.2, -0.15) is 0 Å². The summed E-state index contributed by atoms with van der Waals surface area (Å²) in [6, 6.07) is 13.8. The highest BCUT2D eigenvalue weighted by Gasteiger charge is 2.31. The molecular formula is C26H35FN4O2. The van der Waals surface area contributed by atoms with Gasteiger partial charge >= 0.3 is 0 Å². The van der Waals surface area contributed by atoms with Gasteiger partial charge in [-0.05, 0) is 55.9 Å². The summed E-state index contributed by atoms with van der Waals surface area (Å²) in [5.41, 5.74) is 1.13. The topological polar surface area (TPSA) is 48.9 Å². The first-order valence-electron chi connectivity index (χ1n) is 12.1. The second-order valence-electron chi connectivity index (χ2n) is 9.05. The number of anilines is 2. The third-order valence-electron chi connectivity index (χ3n) is 7.04. The number of ether oxygens (including phenoxy) is 1. The molecule has 1 amide bonds. The van der Waals surface area contributed by atoms with E-state index in [2.05, 4.69) is 20.9 Å². The second kappa shape index (κ2) is 11.5. The predicted octanol–water partition coefficient (Wildman–Crippen LogP) is 4.02. The summed E-state index contributed by atoms with van der Waals surface area (Å²) in [5.74, 6) is 1.84. The summed E-state index contributed by atoms with van der Waals surface area (Å²) in [5, 5.41) is 0. The summed E-state index contributed by atoms with van der Waals surface area (Å²) < 4.78 is 18.5. The van der Waals surface area contributed by atoms with E-state index in [-0.39, 0.29) is 24.4 Å². The van der Waals surface area contributed by atoms with Crippen LogP contribution in [0.2, 0.25) is 0 Å². The molecular weight excluding hydrogens is 418 g/mol. The minimum atomic E-state index is -0.272. The number of piperazine rings is 1. The van der Waals surface area contributed by atoms with E-state index in [1.807, 2.05) is 41.3 Å². The number of methoxy groups -OCH3 is 1. The smallest absolute Gasteiger partial charge is 0.231 e. The molecule has 2 fully saturated rings. The number of alkyl halides is 1. The van der Waals surface area contributed by atoms with Crippen molar-refractivity contribution in [2.45, 2.75) is 25.7 Å².